The first kappa shape index (κ1) is 16.9. The lowest BCUT2D eigenvalue weighted by atomic mass is 9.99. The maximum absolute atomic E-state index is 11.0. The number of carboxylic acid groups (broad SMARTS) is 1. The molecule has 21 heavy (non-hydrogen) atoms. The lowest BCUT2D eigenvalue weighted by Crippen LogP contribution is -2.15. The summed E-state index contributed by atoms with van der Waals surface area (Å²) in [5.74, 6) is -0.663. The van der Waals surface area contributed by atoms with Crippen LogP contribution in [0.2, 0.25) is 0 Å². The number of nitrogens with zero attached hydrogens (tertiary/aromatic N) is 1. The van der Waals surface area contributed by atoms with Crippen molar-refractivity contribution in [3.05, 3.63) is 33.9 Å². The predicted molar refractivity (Wildman–Crippen MR) is 81.9 cm³/mol. The third-order valence-corrected chi connectivity index (χ3v) is 3.56. The van der Waals surface area contributed by atoms with Crippen LogP contribution < -0.4 is 5.32 Å². The molecule has 2 N–H and O–H groups in total. The molecule has 0 heterocycles. The number of aromatic carboxylic acids is 1. The third-order valence-electron chi connectivity index (χ3n) is 3.56. The molecule has 6 heteroatoms. The molecule has 1 atom stereocenters. The third kappa shape index (κ3) is 5.06. The molecule has 0 radical (unpaired) electrons. The number of anilines is 1. The fraction of sp³-hybridized carbons (Fsp3) is 0.533. The van der Waals surface area contributed by atoms with Crippen molar-refractivity contribution in [3.63, 3.8) is 0 Å². The molecule has 0 saturated carbocycles. The highest BCUT2D eigenvalue weighted by Gasteiger charge is 2.17. The van der Waals surface area contributed by atoms with Gasteiger partial charge in [0.15, 0.2) is 0 Å². The van der Waals surface area contributed by atoms with E-state index in [1.807, 2.05) is 0 Å². The van der Waals surface area contributed by atoms with Crippen LogP contribution in [0.5, 0.6) is 0 Å². The van der Waals surface area contributed by atoms with Gasteiger partial charge in [0.05, 0.1) is 10.5 Å². The van der Waals surface area contributed by atoms with E-state index in [2.05, 4.69) is 19.2 Å². The van der Waals surface area contributed by atoms with E-state index in [-0.39, 0.29) is 16.9 Å². The molecule has 0 fully saturated rings. The Morgan fingerprint density at radius 2 is 2.14 bits per heavy atom. The summed E-state index contributed by atoms with van der Waals surface area (Å²) in [7, 11) is 0. The zero-order valence-corrected chi connectivity index (χ0v) is 12.5. The summed E-state index contributed by atoms with van der Waals surface area (Å²) in [4.78, 5) is 21.5. The first-order chi connectivity index (χ1) is 9.99. The molecular weight excluding hydrogens is 272 g/mol. The summed E-state index contributed by atoms with van der Waals surface area (Å²) in [6.45, 7) is 4.83. The van der Waals surface area contributed by atoms with Gasteiger partial charge in [-0.2, -0.15) is 0 Å². The zero-order valence-electron chi connectivity index (χ0n) is 12.5. The van der Waals surface area contributed by atoms with Crippen molar-refractivity contribution >= 4 is 17.3 Å². The van der Waals surface area contributed by atoms with Gasteiger partial charge < -0.3 is 10.4 Å². The molecule has 0 amide bonds. The Labute approximate surface area is 124 Å². The topological polar surface area (TPSA) is 92.5 Å². The van der Waals surface area contributed by atoms with E-state index in [0.29, 0.717) is 12.5 Å². The molecule has 0 bridgehead atoms. The van der Waals surface area contributed by atoms with Crippen molar-refractivity contribution < 1.29 is 14.8 Å². The summed E-state index contributed by atoms with van der Waals surface area (Å²) >= 11 is 0. The number of nitrogens with one attached hydrogen (secondary N) is 1. The average molecular weight is 294 g/mol. The monoisotopic (exact) mass is 294 g/mol. The van der Waals surface area contributed by atoms with E-state index in [9.17, 15) is 14.9 Å². The molecule has 1 rings (SSSR count). The number of carbonyl (C=O) groups is 1. The molecule has 0 aliphatic rings. The fourth-order valence-corrected chi connectivity index (χ4v) is 2.17. The van der Waals surface area contributed by atoms with Gasteiger partial charge in [-0.15, -0.1) is 0 Å². The Morgan fingerprint density at radius 3 is 2.67 bits per heavy atom. The summed E-state index contributed by atoms with van der Waals surface area (Å²) in [5, 5.41) is 23.0. The second kappa shape index (κ2) is 8.24. The van der Waals surface area contributed by atoms with Crippen molar-refractivity contribution in [2.24, 2.45) is 5.92 Å². The second-order valence-electron chi connectivity index (χ2n) is 5.09. The summed E-state index contributed by atoms with van der Waals surface area (Å²) < 4.78 is 0. The van der Waals surface area contributed by atoms with E-state index >= 15 is 0 Å². The molecular formula is C15H22N2O4. The quantitative estimate of drug-likeness (QED) is 0.532. The van der Waals surface area contributed by atoms with Crippen LogP contribution in [0.4, 0.5) is 11.4 Å². The Balaban J connectivity index is 2.86. The van der Waals surface area contributed by atoms with Crippen molar-refractivity contribution in [2.75, 3.05) is 11.9 Å². The summed E-state index contributed by atoms with van der Waals surface area (Å²) in [6.07, 6.45) is 4.29. The summed E-state index contributed by atoms with van der Waals surface area (Å²) in [5.41, 5.74) is 0.227. The van der Waals surface area contributed by atoms with Gasteiger partial charge >= 0.3 is 5.97 Å². The molecule has 1 aromatic carbocycles. The van der Waals surface area contributed by atoms with Crippen LogP contribution in [0.3, 0.4) is 0 Å². The van der Waals surface area contributed by atoms with E-state index in [0.717, 1.165) is 25.7 Å². The Kier molecular flexibility index (Phi) is 6.65. The highest BCUT2D eigenvalue weighted by molar-refractivity contribution is 5.90. The van der Waals surface area contributed by atoms with Gasteiger partial charge in [0.25, 0.3) is 5.69 Å². The molecule has 0 saturated heterocycles. The van der Waals surface area contributed by atoms with Crippen LogP contribution in [-0.4, -0.2) is 22.5 Å². The van der Waals surface area contributed by atoms with Gasteiger partial charge in [-0.05, 0) is 24.5 Å². The summed E-state index contributed by atoms with van der Waals surface area (Å²) in [6, 6.07) is 3.81. The maximum atomic E-state index is 11.0. The number of hydrogen-bond acceptors (Lipinski definition) is 4. The van der Waals surface area contributed by atoms with Gasteiger partial charge in [-0.3, -0.25) is 10.1 Å². The first-order valence-electron chi connectivity index (χ1n) is 7.25. The van der Waals surface area contributed by atoms with Crippen molar-refractivity contribution in [1.29, 1.82) is 0 Å². The van der Waals surface area contributed by atoms with Crippen LogP contribution >= 0.6 is 0 Å². The molecule has 0 aliphatic heterocycles. The zero-order chi connectivity index (χ0) is 15.8. The number of nitro benzene ring substituents is 1. The number of rotatable bonds is 9. The Hall–Kier alpha value is -2.11. The van der Waals surface area contributed by atoms with Gasteiger partial charge in [-0.25, -0.2) is 4.79 Å². The standard InChI is InChI=1S/C15H22N2O4/c1-3-5-6-11(4-2)10-16-13-9-12(15(18)19)7-8-14(13)17(20)21/h7-9,11,16H,3-6,10H2,1-2H3,(H,18,19). The minimum absolute atomic E-state index is 0.0460. The number of nitro groups is 1. The minimum Gasteiger partial charge on any atom is -0.478 e. The highest BCUT2D eigenvalue weighted by Crippen LogP contribution is 2.26. The predicted octanol–water partition coefficient (Wildman–Crippen LogP) is 3.92. The number of benzene rings is 1. The number of hydrogen-bond donors (Lipinski definition) is 2. The number of unbranched alkanes of at least 4 members (excludes halogenated alkanes) is 1. The lowest BCUT2D eigenvalue weighted by molar-refractivity contribution is -0.384. The van der Waals surface area contributed by atoms with Crippen molar-refractivity contribution in [3.8, 4) is 0 Å². The molecule has 0 aromatic heterocycles. The van der Waals surface area contributed by atoms with Gasteiger partial charge in [-0.1, -0.05) is 33.1 Å². The molecule has 0 spiro atoms. The minimum atomic E-state index is -1.09. The van der Waals surface area contributed by atoms with Gasteiger partial charge in [0.1, 0.15) is 5.69 Å². The van der Waals surface area contributed by atoms with Crippen LogP contribution in [-0.2, 0) is 0 Å². The van der Waals surface area contributed by atoms with Crippen LogP contribution in [0.25, 0.3) is 0 Å². The fourth-order valence-electron chi connectivity index (χ4n) is 2.17. The highest BCUT2D eigenvalue weighted by atomic mass is 16.6. The normalized spacial score (nSPS) is 11.9. The smallest absolute Gasteiger partial charge is 0.335 e. The lowest BCUT2D eigenvalue weighted by Gasteiger charge is -2.16. The van der Waals surface area contributed by atoms with Crippen LogP contribution in [0.15, 0.2) is 18.2 Å². The second-order valence-corrected chi connectivity index (χ2v) is 5.09. The van der Waals surface area contributed by atoms with E-state index < -0.39 is 10.9 Å². The molecule has 116 valence electrons. The SMILES string of the molecule is CCCCC(CC)CNc1cc(C(=O)O)ccc1[N+](=O)[O-]. The first-order valence-corrected chi connectivity index (χ1v) is 7.25. The molecule has 1 aromatic rings. The molecule has 0 aliphatic carbocycles. The Bertz CT molecular complexity index is 502. The van der Waals surface area contributed by atoms with Gasteiger partial charge in [0.2, 0.25) is 0 Å². The van der Waals surface area contributed by atoms with E-state index in [1.165, 1.54) is 18.2 Å². The largest absolute Gasteiger partial charge is 0.478 e. The van der Waals surface area contributed by atoms with Crippen molar-refractivity contribution in [1.82, 2.24) is 0 Å². The molecule has 6 nitrogen and oxygen atoms in total. The number of carboxylic acids is 1. The molecule has 1 unspecified atom stereocenters. The maximum Gasteiger partial charge on any atom is 0.335 e. The van der Waals surface area contributed by atoms with Crippen LogP contribution in [0.1, 0.15) is 49.9 Å². The average Bonchev–Trinajstić information content (AvgIpc) is 2.46. The van der Waals surface area contributed by atoms with E-state index in [1.54, 1.807) is 0 Å². The van der Waals surface area contributed by atoms with Gasteiger partial charge in [0, 0.05) is 12.6 Å². The van der Waals surface area contributed by atoms with Crippen LogP contribution in [0, 0.1) is 16.0 Å². The van der Waals surface area contributed by atoms with Crippen molar-refractivity contribution in [2.45, 2.75) is 39.5 Å². The van der Waals surface area contributed by atoms with E-state index in [4.69, 9.17) is 5.11 Å². The Morgan fingerprint density at radius 1 is 1.43 bits per heavy atom.